The molecule has 5 nitrogen and oxygen atoms in total. The van der Waals surface area contributed by atoms with Crippen LogP contribution in [0.3, 0.4) is 0 Å². The zero-order valence-corrected chi connectivity index (χ0v) is 9.21. The number of carboxylic acids is 1. The molecule has 0 radical (unpaired) electrons. The lowest BCUT2D eigenvalue weighted by molar-refractivity contribution is -0.135. The molecule has 1 rings (SSSR count). The van der Waals surface area contributed by atoms with Crippen LogP contribution in [-0.2, 0) is 4.79 Å². The summed E-state index contributed by atoms with van der Waals surface area (Å²) in [7, 11) is 1.69. The Morgan fingerprint density at radius 1 is 1.57 bits per heavy atom. The van der Waals surface area contributed by atoms with Crippen LogP contribution in [-0.4, -0.2) is 34.9 Å². The van der Waals surface area contributed by atoms with Gasteiger partial charge < -0.3 is 10.0 Å². The van der Waals surface area contributed by atoms with Gasteiger partial charge in [-0.2, -0.15) is 0 Å². The lowest BCUT2D eigenvalue weighted by Gasteiger charge is -2.10. The molecule has 1 aromatic rings. The second kappa shape index (κ2) is 4.36. The summed E-state index contributed by atoms with van der Waals surface area (Å²) in [6.07, 6.45) is 0. The quantitative estimate of drug-likeness (QED) is 0.817. The van der Waals surface area contributed by atoms with Gasteiger partial charge in [-0.05, 0) is 0 Å². The summed E-state index contributed by atoms with van der Waals surface area (Å²) in [4.78, 5) is 12.0. The fraction of sp³-hybridized carbons (Fsp3) is 0.625. The molecule has 0 aromatic carbocycles. The molecule has 0 spiro atoms. The number of aromatic nitrogens is 2. The van der Waals surface area contributed by atoms with Crippen LogP contribution in [0.5, 0.6) is 0 Å². The first-order chi connectivity index (χ1) is 6.50. The molecule has 0 fully saturated rings. The minimum Gasteiger partial charge on any atom is -0.480 e. The average molecular weight is 215 g/mol. The van der Waals surface area contributed by atoms with E-state index in [-0.39, 0.29) is 6.54 Å². The standard InChI is InChI=1S/C8H13N3O2S/c1-5(2)7-9-10-8(14-7)11(3)4-6(12)13/h5H,4H2,1-3H3,(H,12,13). The topological polar surface area (TPSA) is 66.3 Å². The molecule has 0 aliphatic rings. The Morgan fingerprint density at radius 2 is 2.21 bits per heavy atom. The van der Waals surface area contributed by atoms with Crippen molar-refractivity contribution in [2.24, 2.45) is 0 Å². The van der Waals surface area contributed by atoms with Crippen molar-refractivity contribution in [2.45, 2.75) is 19.8 Å². The van der Waals surface area contributed by atoms with Crippen molar-refractivity contribution in [3.8, 4) is 0 Å². The molecule has 1 heterocycles. The third-order valence-electron chi connectivity index (χ3n) is 1.62. The van der Waals surface area contributed by atoms with Gasteiger partial charge in [0.2, 0.25) is 5.13 Å². The Bertz CT molecular complexity index is 324. The largest absolute Gasteiger partial charge is 0.480 e. The molecule has 0 unspecified atom stereocenters. The van der Waals surface area contributed by atoms with E-state index in [0.717, 1.165) is 5.01 Å². The molecule has 0 aliphatic heterocycles. The maximum atomic E-state index is 10.4. The minimum absolute atomic E-state index is 0.0489. The molecule has 0 saturated carbocycles. The predicted molar refractivity (Wildman–Crippen MR) is 54.9 cm³/mol. The van der Waals surface area contributed by atoms with E-state index in [9.17, 15) is 4.79 Å². The molecular weight excluding hydrogens is 202 g/mol. The first-order valence-electron chi connectivity index (χ1n) is 4.27. The number of likely N-dealkylation sites (N-methyl/N-ethyl adjacent to an activating group) is 1. The zero-order valence-electron chi connectivity index (χ0n) is 8.39. The van der Waals surface area contributed by atoms with Crippen molar-refractivity contribution in [3.63, 3.8) is 0 Å². The summed E-state index contributed by atoms with van der Waals surface area (Å²) < 4.78 is 0. The number of rotatable bonds is 4. The fourth-order valence-corrected chi connectivity index (χ4v) is 1.69. The van der Waals surface area contributed by atoms with Crippen LogP contribution in [0, 0.1) is 0 Å². The lowest BCUT2D eigenvalue weighted by atomic mass is 10.2. The second-order valence-corrected chi connectivity index (χ2v) is 4.31. The first-order valence-corrected chi connectivity index (χ1v) is 5.08. The van der Waals surface area contributed by atoms with Gasteiger partial charge >= 0.3 is 5.97 Å². The molecule has 1 N–H and O–H groups in total. The maximum absolute atomic E-state index is 10.4. The van der Waals surface area contributed by atoms with E-state index in [4.69, 9.17) is 5.11 Å². The molecule has 0 atom stereocenters. The smallest absolute Gasteiger partial charge is 0.323 e. The molecule has 0 amide bonds. The van der Waals surface area contributed by atoms with Gasteiger partial charge in [0.25, 0.3) is 0 Å². The van der Waals surface area contributed by atoms with E-state index >= 15 is 0 Å². The SMILES string of the molecule is CC(C)c1nnc(N(C)CC(=O)O)s1. The molecule has 1 aromatic heterocycles. The maximum Gasteiger partial charge on any atom is 0.323 e. The highest BCUT2D eigenvalue weighted by molar-refractivity contribution is 7.15. The number of nitrogens with zero attached hydrogens (tertiary/aromatic N) is 3. The van der Waals surface area contributed by atoms with Crippen LogP contribution in [0.25, 0.3) is 0 Å². The van der Waals surface area contributed by atoms with Crippen LogP contribution in [0.15, 0.2) is 0 Å². The minimum atomic E-state index is -0.867. The summed E-state index contributed by atoms with van der Waals surface area (Å²) in [6.45, 7) is 4.01. The van der Waals surface area contributed by atoms with Gasteiger partial charge in [0.15, 0.2) is 0 Å². The van der Waals surface area contributed by atoms with E-state index in [1.54, 1.807) is 11.9 Å². The van der Waals surface area contributed by atoms with E-state index in [1.807, 2.05) is 13.8 Å². The van der Waals surface area contributed by atoms with Crippen LogP contribution < -0.4 is 4.90 Å². The molecule has 6 heteroatoms. The van der Waals surface area contributed by atoms with Gasteiger partial charge in [-0.3, -0.25) is 4.79 Å². The van der Waals surface area contributed by atoms with Gasteiger partial charge in [0.1, 0.15) is 11.6 Å². The lowest BCUT2D eigenvalue weighted by Crippen LogP contribution is -2.24. The number of carbonyl (C=O) groups is 1. The van der Waals surface area contributed by atoms with Crippen molar-refractivity contribution in [3.05, 3.63) is 5.01 Å². The van der Waals surface area contributed by atoms with Crippen LogP contribution in [0.4, 0.5) is 5.13 Å². The Kier molecular flexibility index (Phi) is 3.40. The molecule has 0 aliphatic carbocycles. The summed E-state index contributed by atoms with van der Waals surface area (Å²) in [5, 5.41) is 18.1. The van der Waals surface area contributed by atoms with Crippen molar-refractivity contribution in [1.29, 1.82) is 0 Å². The van der Waals surface area contributed by atoms with E-state index < -0.39 is 5.97 Å². The Morgan fingerprint density at radius 3 is 2.64 bits per heavy atom. The Labute approximate surface area is 86.4 Å². The predicted octanol–water partition coefficient (Wildman–Crippen LogP) is 1.18. The van der Waals surface area contributed by atoms with Gasteiger partial charge in [0, 0.05) is 13.0 Å². The first kappa shape index (κ1) is 10.9. The van der Waals surface area contributed by atoms with Gasteiger partial charge in [0.05, 0.1) is 0 Å². The third-order valence-corrected chi connectivity index (χ3v) is 2.96. The summed E-state index contributed by atoms with van der Waals surface area (Å²) in [5.74, 6) is -0.534. The fourth-order valence-electron chi connectivity index (χ4n) is 0.885. The van der Waals surface area contributed by atoms with Crippen molar-refractivity contribution in [1.82, 2.24) is 10.2 Å². The molecule has 0 saturated heterocycles. The Balaban J connectivity index is 2.71. The van der Waals surface area contributed by atoms with Crippen LogP contribution >= 0.6 is 11.3 Å². The summed E-state index contributed by atoms with van der Waals surface area (Å²) in [5.41, 5.74) is 0. The van der Waals surface area contributed by atoms with Crippen molar-refractivity contribution >= 4 is 22.4 Å². The highest BCUT2D eigenvalue weighted by Crippen LogP contribution is 2.24. The Hall–Kier alpha value is -1.17. The summed E-state index contributed by atoms with van der Waals surface area (Å²) in [6, 6.07) is 0. The molecule has 78 valence electrons. The van der Waals surface area contributed by atoms with Gasteiger partial charge in [-0.15, -0.1) is 10.2 Å². The normalized spacial score (nSPS) is 10.6. The monoisotopic (exact) mass is 215 g/mol. The highest BCUT2D eigenvalue weighted by Gasteiger charge is 2.12. The number of aliphatic carboxylic acids is 1. The van der Waals surface area contributed by atoms with Crippen molar-refractivity contribution in [2.75, 3.05) is 18.5 Å². The third kappa shape index (κ3) is 2.66. The number of hydrogen-bond donors (Lipinski definition) is 1. The van der Waals surface area contributed by atoms with Crippen molar-refractivity contribution < 1.29 is 9.90 Å². The van der Waals surface area contributed by atoms with Crippen LogP contribution in [0.1, 0.15) is 24.8 Å². The van der Waals surface area contributed by atoms with Gasteiger partial charge in [-0.25, -0.2) is 0 Å². The van der Waals surface area contributed by atoms with Gasteiger partial charge in [-0.1, -0.05) is 25.2 Å². The van der Waals surface area contributed by atoms with E-state index in [1.165, 1.54) is 11.3 Å². The number of hydrogen-bond acceptors (Lipinski definition) is 5. The van der Waals surface area contributed by atoms with E-state index in [2.05, 4.69) is 10.2 Å². The molecular formula is C8H13N3O2S. The van der Waals surface area contributed by atoms with E-state index in [0.29, 0.717) is 11.0 Å². The van der Waals surface area contributed by atoms with Crippen LogP contribution in [0.2, 0.25) is 0 Å². The molecule has 14 heavy (non-hydrogen) atoms. The zero-order chi connectivity index (χ0) is 10.7. The number of anilines is 1. The summed E-state index contributed by atoms with van der Waals surface area (Å²) >= 11 is 1.43. The highest BCUT2D eigenvalue weighted by atomic mass is 32.1. The molecule has 0 bridgehead atoms. The number of carboxylic acid groups (broad SMARTS) is 1. The second-order valence-electron chi connectivity index (χ2n) is 3.33. The average Bonchev–Trinajstić information content (AvgIpc) is 2.50.